The van der Waals surface area contributed by atoms with E-state index in [0.29, 0.717) is 0 Å². The second-order valence-corrected chi connectivity index (χ2v) is 3.57. The van der Waals surface area contributed by atoms with Gasteiger partial charge in [-0.1, -0.05) is 20.3 Å². The highest BCUT2D eigenvalue weighted by Crippen LogP contribution is 2.08. The zero-order chi connectivity index (χ0) is 10.6. The summed E-state index contributed by atoms with van der Waals surface area (Å²) in [6.07, 6.45) is 4.09. The maximum absolute atomic E-state index is 11.6. The third-order valence-electron chi connectivity index (χ3n) is 2.62. The molecule has 14 heavy (non-hydrogen) atoms. The Hall–Kier alpha value is -0.990. The number of unbranched alkanes of at least 4 members (excludes halogenated alkanes) is 1. The first-order chi connectivity index (χ1) is 6.74. The van der Waals surface area contributed by atoms with E-state index < -0.39 is 0 Å². The van der Waals surface area contributed by atoms with Crippen molar-refractivity contribution in [2.75, 3.05) is 0 Å². The summed E-state index contributed by atoms with van der Waals surface area (Å²) in [7, 11) is 0. The van der Waals surface area contributed by atoms with Crippen LogP contribution >= 0.6 is 0 Å². The molecule has 0 aliphatic heterocycles. The van der Waals surface area contributed by atoms with Crippen LogP contribution in [0.4, 0.5) is 0 Å². The number of hydrogen-bond donors (Lipinski definition) is 1. The van der Waals surface area contributed by atoms with Crippen molar-refractivity contribution in [2.45, 2.75) is 53.0 Å². The van der Waals surface area contributed by atoms with Crippen molar-refractivity contribution < 1.29 is 0 Å². The van der Waals surface area contributed by atoms with Crippen molar-refractivity contribution in [1.29, 1.82) is 0 Å². The van der Waals surface area contributed by atoms with Gasteiger partial charge in [-0.25, -0.2) is 0 Å². The Morgan fingerprint density at radius 2 is 2.00 bits per heavy atom. The van der Waals surface area contributed by atoms with Gasteiger partial charge >= 0.3 is 0 Å². The molecule has 0 atom stereocenters. The monoisotopic (exact) mass is 196 g/mol. The van der Waals surface area contributed by atoms with Crippen LogP contribution in [0.5, 0.6) is 0 Å². The Labute approximate surface area is 85.1 Å². The van der Waals surface area contributed by atoms with Crippen LogP contribution in [0, 0.1) is 0 Å². The Bertz CT molecular complexity index is 336. The third kappa shape index (κ3) is 2.08. The topological polar surface area (TPSA) is 37.8 Å². The number of aryl methyl sites for hydroxylation is 1. The van der Waals surface area contributed by atoms with E-state index in [1.807, 2.05) is 4.68 Å². The van der Waals surface area contributed by atoms with Gasteiger partial charge in [0, 0.05) is 17.8 Å². The van der Waals surface area contributed by atoms with E-state index in [-0.39, 0.29) is 5.56 Å². The lowest BCUT2D eigenvalue weighted by atomic mass is 10.1. The van der Waals surface area contributed by atoms with Gasteiger partial charge in [-0.2, -0.15) is 0 Å². The van der Waals surface area contributed by atoms with Crippen molar-refractivity contribution in [3.05, 3.63) is 21.6 Å². The quantitative estimate of drug-likeness (QED) is 0.769. The van der Waals surface area contributed by atoms with Crippen LogP contribution in [-0.4, -0.2) is 9.78 Å². The molecule has 0 aromatic carbocycles. The lowest BCUT2D eigenvalue weighted by molar-refractivity contribution is 0.618. The lowest BCUT2D eigenvalue weighted by Crippen LogP contribution is -2.07. The molecule has 0 amide bonds. The number of aromatic nitrogens is 2. The van der Waals surface area contributed by atoms with Gasteiger partial charge in [0.2, 0.25) is 0 Å². The molecule has 0 fully saturated rings. The molecule has 1 heterocycles. The minimum Gasteiger partial charge on any atom is -0.289 e. The molecule has 80 valence electrons. The Balaban J connectivity index is 3.00. The summed E-state index contributed by atoms with van der Waals surface area (Å²) in [4.78, 5) is 11.6. The zero-order valence-electron chi connectivity index (χ0n) is 9.39. The molecule has 1 aromatic heterocycles. The van der Waals surface area contributed by atoms with Gasteiger partial charge in [0.25, 0.3) is 5.56 Å². The maximum Gasteiger partial charge on any atom is 0.267 e. The molecule has 0 saturated carbocycles. The van der Waals surface area contributed by atoms with E-state index in [1.54, 1.807) is 0 Å². The fourth-order valence-corrected chi connectivity index (χ4v) is 1.84. The molecule has 1 rings (SSSR count). The Morgan fingerprint density at radius 1 is 1.29 bits per heavy atom. The molecule has 3 heteroatoms. The number of nitrogens with one attached hydrogen (secondary N) is 1. The van der Waals surface area contributed by atoms with Crippen LogP contribution in [0.2, 0.25) is 0 Å². The van der Waals surface area contributed by atoms with Crippen molar-refractivity contribution in [2.24, 2.45) is 0 Å². The fourth-order valence-electron chi connectivity index (χ4n) is 1.84. The lowest BCUT2D eigenvalue weighted by Gasteiger charge is -2.04. The minimum atomic E-state index is 0.108. The normalized spacial score (nSPS) is 10.8. The molecular weight excluding hydrogens is 176 g/mol. The largest absolute Gasteiger partial charge is 0.289 e. The second kappa shape index (κ2) is 5.03. The van der Waals surface area contributed by atoms with Gasteiger partial charge in [0.15, 0.2) is 0 Å². The predicted octanol–water partition coefficient (Wildman–Crippen LogP) is 2.10. The van der Waals surface area contributed by atoms with Crippen molar-refractivity contribution >= 4 is 0 Å². The molecule has 0 saturated heterocycles. The van der Waals surface area contributed by atoms with Crippen LogP contribution in [0.15, 0.2) is 4.79 Å². The first kappa shape index (κ1) is 11.1. The van der Waals surface area contributed by atoms with E-state index in [2.05, 4.69) is 25.9 Å². The average molecular weight is 196 g/mol. The number of aromatic amines is 1. The summed E-state index contributed by atoms with van der Waals surface area (Å²) >= 11 is 0. The van der Waals surface area contributed by atoms with Gasteiger partial charge in [-0.15, -0.1) is 0 Å². The molecular formula is C11H20N2O. The van der Waals surface area contributed by atoms with Crippen molar-refractivity contribution in [3.63, 3.8) is 0 Å². The summed E-state index contributed by atoms with van der Waals surface area (Å²) in [6.45, 7) is 7.16. The highest BCUT2D eigenvalue weighted by molar-refractivity contribution is 5.18. The van der Waals surface area contributed by atoms with Crippen LogP contribution in [0.1, 0.15) is 44.9 Å². The van der Waals surface area contributed by atoms with Gasteiger partial charge < -0.3 is 0 Å². The molecule has 0 aliphatic rings. The summed E-state index contributed by atoms with van der Waals surface area (Å²) < 4.78 is 1.97. The molecule has 0 aliphatic carbocycles. The van der Waals surface area contributed by atoms with Crippen LogP contribution in [0.25, 0.3) is 0 Å². The van der Waals surface area contributed by atoms with Gasteiger partial charge in [-0.05, 0) is 26.2 Å². The highest BCUT2D eigenvalue weighted by atomic mass is 16.1. The fraction of sp³-hybridized carbons (Fsp3) is 0.727. The summed E-state index contributed by atoms with van der Waals surface area (Å²) in [5, 5.41) is 2.88. The van der Waals surface area contributed by atoms with E-state index in [4.69, 9.17) is 0 Å². The third-order valence-corrected chi connectivity index (χ3v) is 2.62. The van der Waals surface area contributed by atoms with Crippen molar-refractivity contribution in [3.8, 4) is 0 Å². The highest BCUT2D eigenvalue weighted by Gasteiger charge is 2.10. The van der Waals surface area contributed by atoms with E-state index in [9.17, 15) is 4.79 Å². The molecule has 0 bridgehead atoms. The zero-order valence-corrected chi connectivity index (χ0v) is 9.39. The van der Waals surface area contributed by atoms with Gasteiger partial charge in [0.1, 0.15) is 0 Å². The molecule has 0 spiro atoms. The standard InChI is InChI=1S/C11H20N2O/c1-4-7-8-9-10(5-2)13(6-3)12-11(9)14/h4-8H2,1-3H3,(H,12,14). The van der Waals surface area contributed by atoms with Crippen LogP contribution in [-0.2, 0) is 19.4 Å². The van der Waals surface area contributed by atoms with Gasteiger partial charge in [0.05, 0.1) is 0 Å². The Kier molecular flexibility index (Phi) is 3.98. The number of rotatable bonds is 5. The SMILES string of the molecule is CCCCc1c(CC)n(CC)[nH]c1=O. The second-order valence-electron chi connectivity index (χ2n) is 3.57. The van der Waals surface area contributed by atoms with E-state index in [0.717, 1.165) is 37.8 Å². The van der Waals surface area contributed by atoms with Gasteiger partial charge in [-0.3, -0.25) is 14.6 Å². The van der Waals surface area contributed by atoms with E-state index in [1.165, 1.54) is 5.69 Å². The minimum absolute atomic E-state index is 0.108. The first-order valence-corrected chi connectivity index (χ1v) is 5.55. The molecule has 0 radical (unpaired) electrons. The summed E-state index contributed by atoms with van der Waals surface area (Å²) in [6, 6.07) is 0. The van der Waals surface area contributed by atoms with Crippen LogP contribution < -0.4 is 5.56 Å². The van der Waals surface area contributed by atoms with E-state index >= 15 is 0 Å². The summed E-state index contributed by atoms with van der Waals surface area (Å²) in [5.41, 5.74) is 2.29. The number of hydrogen-bond acceptors (Lipinski definition) is 1. The molecule has 1 N–H and O–H groups in total. The number of nitrogens with zero attached hydrogens (tertiary/aromatic N) is 1. The van der Waals surface area contributed by atoms with Crippen molar-refractivity contribution in [1.82, 2.24) is 9.78 Å². The Morgan fingerprint density at radius 3 is 2.50 bits per heavy atom. The first-order valence-electron chi connectivity index (χ1n) is 5.55. The molecule has 0 unspecified atom stereocenters. The molecule has 1 aromatic rings. The maximum atomic E-state index is 11.6. The van der Waals surface area contributed by atoms with Crippen LogP contribution in [0.3, 0.4) is 0 Å². The molecule has 3 nitrogen and oxygen atoms in total. The summed E-state index contributed by atoms with van der Waals surface area (Å²) in [5.74, 6) is 0. The number of H-pyrrole nitrogens is 1. The smallest absolute Gasteiger partial charge is 0.267 e. The average Bonchev–Trinajstić information content (AvgIpc) is 2.51. The predicted molar refractivity (Wildman–Crippen MR) is 58.7 cm³/mol.